The van der Waals surface area contributed by atoms with E-state index in [1.165, 1.54) is 11.1 Å². The lowest BCUT2D eigenvalue weighted by Gasteiger charge is -2.34. The number of nitrogens with two attached hydrogens (primary N) is 1. The summed E-state index contributed by atoms with van der Waals surface area (Å²) < 4.78 is 0. The molecule has 3 heteroatoms. The van der Waals surface area contributed by atoms with Gasteiger partial charge in [0.05, 0.1) is 0 Å². The predicted octanol–water partition coefficient (Wildman–Crippen LogP) is 1.07. The van der Waals surface area contributed by atoms with Crippen LogP contribution in [-0.4, -0.2) is 49.1 Å². The predicted molar refractivity (Wildman–Crippen MR) is 72.0 cm³/mol. The zero-order valence-electron chi connectivity index (χ0n) is 10.7. The third-order valence-corrected chi connectivity index (χ3v) is 3.57. The molecule has 3 nitrogen and oxygen atoms in total. The van der Waals surface area contributed by atoms with E-state index in [9.17, 15) is 0 Å². The van der Waals surface area contributed by atoms with E-state index in [0.717, 1.165) is 45.8 Å². The largest absolute Gasteiger partial charge is 0.329 e. The Morgan fingerprint density at radius 1 is 1.06 bits per heavy atom. The molecule has 0 amide bonds. The summed E-state index contributed by atoms with van der Waals surface area (Å²) in [5.41, 5.74) is 8.44. The van der Waals surface area contributed by atoms with Gasteiger partial charge in [-0.15, -0.1) is 0 Å². The topological polar surface area (TPSA) is 32.5 Å². The van der Waals surface area contributed by atoms with E-state index in [4.69, 9.17) is 5.73 Å². The number of hydrogen-bond acceptors (Lipinski definition) is 3. The van der Waals surface area contributed by atoms with Crippen LogP contribution in [0.1, 0.15) is 11.1 Å². The first-order chi connectivity index (χ1) is 8.29. The molecule has 0 aromatic heterocycles. The Kier molecular flexibility index (Phi) is 4.54. The number of aryl methyl sites for hydroxylation is 1. The lowest BCUT2D eigenvalue weighted by Crippen LogP contribution is -2.47. The highest BCUT2D eigenvalue weighted by atomic mass is 15.3. The standard InChI is InChI=1S/C14H23N3/c1-13-4-2-3-5-14(13)12-17-10-8-16(7-6-15)9-11-17/h2-5H,6-12,15H2,1H3. The quantitative estimate of drug-likeness (QED) is 0.844. The van der Waals surface area contributed by atoms with Crippen molar-refractivity contribution in [1.82, 2.24) is 9.80 Å². The van der Waals surface area contributed by atoms with E-state index in [-0.39, 0.29) is 0 Å². The van der Waals surface area contributed by atoms with Crippen molar-refractivity contribution >= 4 is 0 Å². The molecule has 2 N–H and O–H groups in total. The summed E-state index contributed by atoms with van der Waals surface area (Å²) in [5, 5.41) is 0. The molecule has 1 aliphatic rings. The molecular formula is C14H23N3. The Morgan fingerprint density at radius 2 is 1.71 bits per heavy atom. The normalized spacial score (nSPS) is 18.5. The van der Waals surface area contributed by atoms with Crippen LogP contribution >= 0.6 is 0 Å². The summed E-state index contributed by atoms with van der Waals surface area (Å²) in [7, 11) is 0. The monoisotopic (exact) mass is 233 g/mol. The van der Waals surface area contributed by atoms with Crippen molar-refractivity contribution in [2.24, 2.45) is 5.73 Å². The molecule has 1 fully saturated rings. The first-order valence-corrected chi connectivity index (χ1v) is 6.49. The molecule has 1 aliphatic heterocycles. The molecule has 1 aromatic rings. The third-order valence-electron chi connectivity index (χ3n) is 3.57. The molecule has 2 rings (SSSR count). The van der Waals surface area contributed by atoms with Crippen LogP contribution in [-0.2, 0) is 6.54 Å². The lowest BCUT2D eigenvalue weighted by atomic mass is 10.1. The van der Waals surface area contributed by atoms with E-state index < -0.39 is 0 Å². The number of rotatable bonds is 4. The van der Waals surface area contributed by atoms with Crippen molar-refractivity contribution in [3.8, 4) is 0 Å². The summed E-state index contributed by atoms with van der Waals surface area (Å²) in [6, 6.07) is 8.67. The van der Waals surface area contributed by atoms with Crippen LogP contribution in [0.5, 0.6) is 0 Å². The second kappa shape index (κ2) is 6.15. The van der Waals surface area contributed by atoms with Crippen LogP contribution in [0.4, 0.5) is 0 Å². The van der Waals surface area contributed by atoms with E-state index in [1.807, 2.05) is 0 Å². The average molecular weight is 233 g/mol. The van der Waals surface area contributed by atoms with Crippen molar-refractivity contribution in [2.75, 3.05) is 39.3 Å². The van der Waals surface area contributed by atoms with Gasteiger partial charge in [-0.25, -0.2) is 0 Å². The van der Waals surface area contributed by atoms with E-state index >= 15 is 0 Å². The molecule has 0 aliphatic carbocycles. The van der Waals surface area contributed by atoms with Gasteiger partial charge in [-0.05, 0) is 18.1 Å². The van der Waals surface area contributed by atoms with Crippen LogP contribution in [0, 0.1) is 6.92 Å². The van der Waals surface area contributed by atoms with Crippen molar-refractivity contribution in [1.29, 1.82) is 0 Å². The zero-order chi connectivity index (χ0) is 12.1. The summed E-state index contributed by atoms with van der Waals surface area (Å²) in [5.74, 6) is 0. The van der Waals surface area contributed by atoms with Gasteiger partial charge in [0.25, 0.3) is 0 Å². The average Bonchev–Trinajstić information content (AvgIpc) is 2.35. The fourth-order valence-electron chi connectivity index (χ4n) is 2.38. The van der Waals surface area contributed by atoms with Gasteiger partial charge >= 0.3 is 0 Å². The van der Waals surface area contributed by atoms with Crippen LogP contribution in [0.2, 0.25) is 0 Å². The van der Waals surface area contributed by atoms with Crippen molar-refractivity contribution in [3.63, 3.8) is 0 Å². The SMILES string of the molecule is Cc1ccccc1CN1CCN(CCN)CC1. The zero-order valence-corrected chi connectivity index (χ0v) is 10.7. The number of piperazine rings is 1. The molecule has 1 saturated heterocycles. The maximum absolute atomic E-state index is 5.58. The summed E-state index contributed by atoms with van der Waals surface area (Å²) >= 11 is 0. The number of nitrogens with zero attached hydrogens (tertiary/aromatic N) is 2. The van der Waals surface area contributed by atoms with E-state index in [1.54, 1.807) is 0 Å². The minimum atomic E-state index is 0.776. The first kappa shape index (κ1) is 12.6. The summed E-state index contributed by atoms with van der Waals surface area (Å²) in [6.07, 6.45) is 0. The molecule has 0 spiro atoms. The van der Waals surface area contributed by atoms with Gasteiger partial charge in [-0.2, -0.15) is 0 Å². The van der Waals surface area contributed by atoms with E-state index in [2.05, 4.69) is 41.0 Å². The molecule has 0 saturated carbocycles. The number of benzene rings is 1. The molecule has 0 atom stereocenters. The van der Waals surface area contributed by atoms with E-state index in [0.29, 0.717) is 0 Å². The highest BCUT2D eigenvalue weighted by molar-refractivity contribution is 5.25. The first-order valence-electron chi connectivity index (χ1n) is 6.49. The maximum atomic E-state index is 5.58. The molecule has 1 aromatic carbocycles. The highest BCUT2D eigenvalue weighted by Crippen LogP contribution is 2.12. The molecule has 0 radical (unpaired) electrons. The van der Waals surface area contributed by atoms with Gasteiger partial charge in [-0.1, -0.05) is 24.3 Å². The maximum Gasteiger partial charge on any atom is 0.0237 e. The Bertz CT molecular complexity index is 343. The summed E-state index contributed by atoms with van der Waals surface area (Å²) in [4.78, 5) is 4.99. The van der Waals surface area contributed by atoms with Gasteiger partial charge in [0, 0.05) is 45.8 Å². The third kappa shape index (κ3) is 3.53. The van der Waals surface area contributed by atoms with Crippen molar-refractivity contribution in [2.45, 2.75) is 13.5 Å². The molecule has 94 valence electrons. The molecule has 1 heterocycles. The van der Waals surface area contributed by atoms with Crippen molar-refractivity contribution in [3.05, 3.63) is 35.4 Å². The Labute approximate surface area is 104 Å². The second-order valence-electron chi connectivity index (χ2n) is 4.83. The molecular weight excluding hydrogens is 210 g/mol. The molecule has 0 unspecified atom stereocenters. The van der Waals surface area contributed by atoms with Crippen molar-refractivity contribution < 1.29 is 0 Å². The lowest BCUT2D eigenvalue weighted by molar-refractivity contribution is 0.129. The van der Waals surface area contributed by atoms with Crippen LogP contribution in [0.3, 0.4) is 0 Å². The van der Waals surface area contributed by atoms with Gasteiger partial charge in [0.2, 0.25) is 0 Å². The smallest absolute Gasteiger partial charge is 0.0237 e. The Balaban J connectivity index is 1.84. The second-order valence-corrected chi connectivity index (χ2v) is 4.83. The Hall–Kier alpha value is -0.900. The fraction of sp³-hybridized carbons (Fsp3) is 0.571. The minimum Gasteiger partial charge on any atom is -0.329 e. The van der Waals surface area contributed by atoms with Gasteiger partial charge in [-0.3, -0.25) is 9.80 Å². The fourth-order valence-corrected chi connectivity index (χ4v) is 2.38. The van der Waals surface area contributed by atoms with Gasteiger partial charge < -0.3 is 5.73 Å². The van der Waals surface area contributed by atoms with Gasteiger partial charge in [0.1, 0.15) is 0 Å². The van der Waals surface area contributed by atoms with Crippen LogP contribution in [0.15, 0.2) is 24.3 Å². The molecule has 17 heavy (non-hydrogen) atoms. The minimum absolute atomic E-state index is 0.776. The number of hydrogen-bond donors (Lipinski definition) is 1. The summed E-state index contributed by atoms with van der Waals surface area (Å²) in [6.45, 7) is 9.73. The Morgan fingerprint density at radius 3 is 2.35 bits per heavy atom. The van der Waals surface area contributed by atoms with Crippen LogP contribution in [0.25, 0.3) is 0 Å². The van der Waals surface area contributed by atoms with Crippen LogP contribution < -0.4 is 5.73 Å². The van der Waals surface area contributed by atoms with Gasteiger partial charge in [0.15, 0.2) is 0 Å². The molecule has 0 bridgehead atoms. The highest BCUT2D eigenvalue weighted by Gasteiger charge is 2.16.